The highest BCUT2D eigenvalue weighted by Gasteiger charge is 2.50. The minimum Gasteiger partial charge on any atom is -0.349 e. The van der Waals surface area contributed by atoms with Gasteiger partial charge in [0, 0.05) is 11.1 Å². The Morgan fingerprint density at radius 1 is 1.10 bits per heavy atom. The maximum Gasteiger partial charge on any atom is 0.247 e. The van der Waals surface area contributed by atoms with E-state index < -0.39 is 51.3 Å². The third kappa shape index (κ3) is 7.06. The molecule has 0 bridgehead atoms. The number of rotatable bonds is 8. The van der Waals surface area contributed by atoms with Crippen molar-refractivity contribution in [3.8, 4) is 0 Å². The predicted molar refractivity (Wildman–Crippen MR) is 155 cm³/mol. The van der Waals surface area contributed by atoms with Gasteiger partial charge in [0.15, 0.2) is 0 Å². The summed E-state index contributed by atoms with van der Waals surface area (Å²) < 4.78 is 41.4. The molecule has 0 aromatic heterocycles. The zero-order valence-corrected chi connectivity index (χ0v) is 25.1. The van der Waals surface area contributed by atoms with E-state index in [0.717, 1.165) is 23.4 Å². The molecule has 4 rings (SSSR count). The molecule has 2 aliphatic rings. The van der Waals surface area contributed by atoms with E-state index in [1.807, 2.05) is 38.1 Å². The van der Waals surface area contributed by atoms with Gasteiger partial charge in [-0.2, -0.15) is 0 Å². The lowest BCUT2D eigenvalue weighted by Crippen LogP contribution is -2.67. The van der Waals surface area contributed by atoms with Crippen molar-refractivity contribution >= 4 is 33.4 Å². The number of sulfonamides is 1. The van der Waals surface area contributed by atoms with E-state index in [2.05, 4.69) is 15.4 Å². The molecule has 0 unspecified atom stereocenters. The minimum atomic E-state index is -3.68. The van der Waals surface area contributed by atoms with Gasteiger partial charge in [-0.05, 0) is 75.1 Å². The Kier molecular flexibility index (Phi) is 8.50. The molecular weight excluding hydrogens is 547 g/mol. The highest BCUT2D eigenvalue weighted by atomic mass is 32.2. The van der Waals surface area contributed by atoms with Crippen LogP contribution in [0.1, 0.15) is 63.8 Å². The first-order valence-electron chi connectivity index (χ1n) is 13.8. The van der Waals surface area contributed by atoms with E-state index in [0.29, 0.717) is 12.8 Å². The SMILES string of the molecule is CC(C)C[C@@H]1C(=O)N[C@H](C2Cc3ccccc3C2)C(=O)N1[C@@H](C(=O)NC(C)(C)C)c1ccc(NS(C)(=O)=O)cc1F. The van der Waals surface area contributed by atoms with Crippen molar-refractivity contribution in [2.75, 3.05) is 11.0 Å². The molecule has 0 saturated carbocycles. The van der Waals surface area contributed by atoms with Crippen LogP contribution in [-0.4, -0.2) is 54.9 Å². The second kappa shape index (κ2) is 11.4. The average molecular weight is 587 g/mol. The number of carbonyl (C=O) groups is 3. The summed E-state index contributed by atoms with van der Waals surface area (Å²) in [5.41, 5.74) is 1.35. The third-order valence-corrected chi connectivity index (χ3v) is 7.93. The number of carbonyl (C=O) groups excluding carboxylic acids is 3. The number of benzene rings is 2. The Hall–Kier alpha value is -3.47. The number of hydrogen-bond donors (Lipinski definition) is 3. The van der Waals surface area contributed by atoms with Gasteiger partial charge < -0.3 is 15.5 Å². The fourth-order valence-electron chi connectivity index (χ4n) is 5.76. The molecule has 3 atom stereocenters. The summed E-state index contributed by atoms with van der Waals surface area (Å²) in [6.07, 6.45) is 2.40. The van der Waals surface area contributed by atoms with E-state index in [4.69, 9.17) is 0 Å². The smallest absolute Gasteiger partial charge is 0.247 e. The van der Waals surface area contributed by atoms with E-state index in [1.54, 1.807) is 20.8 Å². The van der Waals surface area contributed by atoms with Crippen LogP contribution in [0, 0.1) is 17.7 Å². The average Bonchev–Trinajstić information content (AvgIpc) is 3.26. The van der Waals surface area contributed by atoms with Crippen molar-refractivity contribution < 1.29 is 27.2 Å². The molecule has 3 N–H and O–H groups in total. The van der Waals surface area contributed by atoms with Crippen LogP contribution >= 0.6 is 0 Å². The first-order valence-corrected chi connectivity index (χ1v) is 15.7. The topological polar surface area (TPSA) is 125 Å². The number of nitrogens with one attached hydrogen (secondary N) is 3. The largest absolute Gasteiger partial charge is 0.349 e. The standard InChI is InChI=1S/C30H39FN4O5S/c1-17(2)13-24-27(36)32-25(20-14-18-9-7-8-10-19(18)15-20)29(38)35(24)26(28(37)33-30(3,4)5)22-12-11-21(16-23(22)31)34-41(6,39)40/h7-12,16-17,20,24-26,34H,13-15H2,1-6H3,(H,32,36)(H,33,37)/t24-,25-,26-/m1/s1. The van der Waals surface area contributed by atoms with Crippen LogP contribution in [0.3, 0.4) is 0 Å². The Labute approximate surface area is 241 Å². The van der Waals surface area contributed by atoms with Gasteiger partial charge in [0.1, 0.15) is 23.9 Å². The lowest BCUT2D eigenvalue weighted by molar-refractivity contribution is -0.158. The monoisotopic (exact) mass is 586 g/mol. The number of hydrogen-bond acceptors (Lipinski definition) is 5. The van der Waals surface area contributed by atoms with Crippen LogP contribution < -0.4 is 15.4 Å². The molecule has 1 heterocycles. The van der Waals surface area contributed by atoms with E-state index in [-0.39, 0.29) is 35.4 Å². The van der Waals surface area contributed by atoms with Crippen molar-refractivity contribution in [3.05, 3.63) is 65.0 Å². The third-order valence-electron chi connectivity index (χ3n) is 7.33. The fraction of sp³-hybridized carbons (Fsp3) is 0.500. The highest BCUT2D eigenvalue weighted by molar-refractivity contribution is 7.92. The lowest BCUT2D eigenvalue weighted by Gasteiger charge is -2.45. The summed E-state index contributed by atoms with van der Waals surface area (Å²) in [7, 11) is -3.68. The number of piperazine rings is 1. The summed E-state index contributed by atoms with van der Waals surface area (Å²) in [5, 5.41) is 5.80. The maximum atomic E-state index is 15.8. The highest BCUT2D eigenvalue weighted by Crippen LogP contribution is 2.36. The van der Waals surface area contributed by atoms with Crippen molar-refractivity contribution in [2.45, 2.75) is 77.5 Å². The second-order valence-electron chi connectivity index (χ2n) is 12.6. The van der Waals surface area contributed by atoms with Gasteiger partial charge in [-0.1, -0.05) is 44.2 Å². The normalized spacial score (nSPS) is 20.5. The van der Waals surface area contributed by atoms with E-state index >= 15 is 4.39 Å². The molecule has 9 nitrogen and oxygen atoms in total. The number of anilines is 1. The zero-order valence-electron chi connectivity index (χ0n) is 24.3. The summed E-state index contributed by atoms with van der Waals surface area (Å²) in [4.78, 5) is 43.2. The minimum absolute atomic E-state index is 0.00848. The van der Waals surface area contributed by atoms with Crippen LogP contribution in [0.25, 0.3) is 0 Å². The number of fused-ring (bicyclic) bond motifs is 1. The maximum absolute atomic E-state index is 15.8. The molecule has 2 aromatic rings. The van der Waals surface area contributed by atoms with Crippen molar-refractivity contribution in [3.63, 3.8) is 0 Å². The second-order valence-corrected chi connectivity index (χ2v) is 14.3. The number of nitrogens with zero attached hydrogens (tertiary/aromatic N) is 1. The molecule has 1 aliphatic carbocycles. The molecule has 1 saturated heterocycles. The molecule has 1 aliphatic heterocycles. The zero-order chi connectivity index (χ0) is 30.3. The van der Waals surface area contributed by atoms with Gasteiger partial charge in [0.25, 0.3) is 0 Å². The molecule has 2 aromatic carbocycles. The Morgan fingerprint density at radius 2 is 1.71 bits per heavy atom. The van der Waals surface area contributed by atoms with Crippen LogP contribution in [0.5, 0.6) is 0 Å². The van der Waals surface area contributed by atoms with Gasteiger partial charge in [-0.3, -0.25) is 19.1 Å². The summed E-state index contributed by atoms with van der Waals surface area (Å²) in [6.45, 7) is 9.13. The van der Waals surface area contributed by atoms with Gasteiger partial charge in [-0.15, -0.1) is 0 Å². The Bertz CT molecular complexity index is 1430. The molecule has 11 heteroatoms. The lowest BCUT2D eigenvalue weighted by atomic mass is 9.87. The predicted octanol–water partition coefficient (Wildman–Crippen LogP) is 3.31. The fourth-order valence-corrected chi connectivity index (χ4v) is 6.31. The molecular formula is C30H39FN4O5S. The Morgan fingerprint density at radius 3 is 2.22 bits per heavy atom. The van der Waals surface area contributed by atoms with E-state index in [9.17, 15) is 22.8 Å². The van der Waals surface area contributed by atoms with Crippen molar-refractivity contribution in [2.24, 2.45) is 11.8 Å². The van der Waals surface area contributed by atoms with Gasteiger partial charge in [0.05, 0.1) is 11.9 Å². The van der Waals surface area contributed by atoms with Gasteiger partial charge >= 0.3 is 0 Å². The Balaban J connectivity index is 1.80. The van der Waals surface area contributed by atoms with Gasteiger partial charge in [0.2, 0.25) is 27.7 Å². The van der Waals surface area contributed by atoms with Gasteiger partial charge in [-0.25, -0.2) is 12.8 Å². The van der Waals surface area contributed by atoms with E-state index in [1.165, 1.54) is 17.0 Å². The first kappa shape index (κ1) is 30.5. The first-order chi connectivity index (χ1) is 19.0. The summed E-state index contributed by atoms with van der Waals surface area (Å²) >= 11 is 0. The van der Waals surface area contributed by atoms with Crippen molar-refractivity contribution in [1.29, 1.82) is 0 Å². The molecule has 222 valence electrons. The molecule has 0 spiro atoms. The molecule has 0 radical (unpaired) electrons. The summed E-state index contributed by atoms with van der Waals surface area (Å²) in [5.74, 6) is -2.57. The summed E-state index contributed by atoms with van der Waals surface area (Å²) in [6, 6.07) is 8.13. The van der Waals surface area contributed by atoms with Crippen LogP contribution in [-0.2, 0) is 37.2 Å². The molecule has 1 fully saturated rings. The van der Waals surface area contributed by atoms with Crippen LogP contribution in [0.15, 0.2) is 42.5 Å². The molecule has 41 heavy (non-hydrogen) atoms. The van der Waals surface area contributed by atoms with Crippen LogP contribution in [0.4, 0.5) is 10.1 Å². The number of halogens is 1. The molecule has 3 amide bonds. The number of amides is 3. The van der Waals surface area contributed by atoms with Crippen molar-refractivity contribution in [1.82, 2.24) is 15.5 Å². The van der Waals surface area contributed by atoms with Crippen LogP contribution in [0.2, 0.25) is 0 Å². The quantitative estimate of drug-likeness (QED) is 0.438.